The van der Waals surface area contributed by atoms with Crippen LogP contribution in [-0.4, -0.2) is 40.0 Å². The highest BCUT2D eigenvalue weighted by Crippen LogP contribution is 2.27. The molecule has 1 aromatic carbocycles. The molecule has 1 atom stereocenters. The lowest BCUT2D eigenvalue weighted by atomic mass is 10.1. The van der Waals surface area contributed by atoms with Crippen molar-refractivity contribution in [1.29, 1.82) is 0 Å². The molecule has 0 saturated carbocycles. The van der Waals surface area contributed by atoms with Gasteiger partial charge >= 0.3 is 0 Å². The van der Waals surface area contributed by atoms with Gasteiger partial charge in [-0.05, 0) is 47.9 Å². The number of methoxy groups -OCH3 is 1. The number of hydrogen-bond acceptors (Lipinski definition) is 6. The molecular formula is C14H19N5O2. The quantitative estimate of drug-likeness (QED) is 0.858. The normalized spacial score (nSPS) is 18.6. The average Bonchev–Trinajstić information content (AvgIpc) is 2.97. The van der Waals surface area contributed by atoms with Gasteiger partial charge in [0.2, 0.25) is 0 Å². The Morgan fingerprint density at radius 1 is 1.43 bits per heavy atom. The van der Waals surface area contributed by atoms with Crippen molar-refractivity contribution in [1.82, 2.24) is 20.2 Å². The SMILES string of the molecule is COc1cc(-c2nnnn2CC2CCCCO2)ccc1N. The molecule has 0 spiro atoms. The van der Waals surface area contributed by atoms with Gasteiger partial charge < -0.3 is 15.2 Å². The minimum absolute atomic E-state index is 0.177. The number of hydrogen-bond donors (Lipinski definition) is 1. The van der Waals surface area contributed by atoms with Crippen LogP contribution in [-0.2, 0) is 11.3 Å². The summed E-state index contributed by atoms with van der Waals surface area (Å²) in [5.74, 6) is 1.32. The first kappa shape index (κ1) is 13.8. The lowest BCUT2D eigenvalue weighted by Gasteiger charge is -2.22. The molecule has 7 heteroatoms. The van der Waals surface area contributed by atoms with Crippen LogP contribution in [0.1, 0.15) is 19.3 Å². The highest BCUT2D eigenvalue weighted by Gasteiger charge is 2.18. The van der Waals surface area contributed by atoms with Crippen LogP contribution in [0.4, 0.5) is 5.69 Å². The highest BCUT2D eigenvalue weighted by atomic mass is 16.5. The van der Waals surface area contributed by atoms with Gasteiger partial charge in [0.1, 0.15) is 5.75 Å². The second kappa shape index (κ2) is 6.09. The topological polar surface area (TPSA) is 88.1 Å². The molecule has 2 aromatic rings. The van der Waals surface area contributed by atoms with E-state index < -0.39 is 0 Å². The first-order valence-electron chi connectivity index (χ1n) is 7.09. The molecular weight excluding hydrogens is 270 g/mol. The summed E-state index contributed by atoms with van der Waals surface area (Å²) >= 11 is 0. The van der Waals surface area contributed by atoms with Crippen LogP contribution in [0.2, 0.25) is 0 Å². The number of ether oxygens (including phenoxy) is 2. The number of nitrogens with zero attached hydrogens (tertiary/aromatic N) is 4. The average molecular weight is 289 g/mol. The maximum atomic E-state index is 5.84. The summed E-state index contributed by atoms with van der Waals surface area (Å²) in [5.41, 5.74) is 7.31. The molecule has 0 aliphatic carbocycles. The van der Waals surface area contributed by atoms with Crippen molar-refractivity contribution in [3.63, 3.8) is 0 Å². The first-order chi connectivity index (χ1) is 10.3. The Bertz CT molecular complexity index is 607. The zero-order valence-corrected chi connectivity index (χ0v) is 12.0. The summed E-state index contributed by atoms with van der Waals surface area (Å²) in [6, 6.07) is 5.53. The zero-order valence-electron chi connectivity index (χ0n) is 12.0. The predicted molar refractivity (Wildman–Crippen MR) is 77.8 cm³/mol. The third kappa shape index (κ3) is 2.97. The monoisotopic (exact) mass is 289 g/mol. The molecule has 0 amide bonds. The van der Waals surface area contributed by atoms with E-state index in [-0.39, 0.29) is 6.10 Å². The molecule has 1 aliphatic rings. The van der Waals surface area contributed by atoms with Crippen molar-refractivity contribution in [3.05, 3.63) is 18.2 Å². The highest BCUT2D eigenvalue weighted by molar-refractivity contribution is 5.65. The van der Waals surface area contributed by atoms with E-state index in [9.17, 15) is 0 Å². The maximum Gasteiger partial charge on any atom is 0.182 e. The minimum atomic E-state index is 0.177. The Morgan fingerprint density at radius 3 is 3.10 bits per heavy atom. The van der Waals surface area contributed by atoms with Crippen molar-refractivity contribution in [2.24, 2.45) is 0 Å². The van der Waals surface area contributed by atoms with Crippen molar-refractivity contribution in [2.45, 2.75) is 31.9 Å². The summed E-state index contributed by atoms with van der Waals surface area (Å²) < 4.78 is 12.8. The van der Waals surface area contributed by atoms with E-state index in [1.54, 1.807) is 17.9 Å². The fourth-order valence-corrected chi connectivity index (χ4v) is 2.53. The molecule has 1 aromatic heterocycles. The first-order valence-corrected chi connectivity index (χ1v) is 7.09. The number of aromatic nitrogens is 4. The van der Waals surface area contributed by atoms with Crippen molar-refractivity contribution in [3.8, 4) is 17.1 Å². The van der Waals surface area contributed by atoms with Gasteiger partial charge in [0, 0.05) is 12.2 Å². The molecule has 0 bridgehead atoms. The molecule has 0 radical (unpaired) electrons. The van der Waals surface area contributed by atoms with Crippen LogP contribution in [0, 0.1) is 0 Å². The molecule has 2 N–H and O–H groups in total. The van der Waals surface area contributed by atoms with Crippen LogP contribution >= 0.6 is 0 Å². The molecule has 2 heterocycles. The summed E-state index contributed by atoms with van der Waals surface area (Å²) in [6.45, 7) is 1.48. The van der Waals surface area contributed by atoms with Gasteiger partial charge in [-0.2, -0.15) is 0 Å². The Balaban J connectivity index is 1.84. The number of rotatable bonds is 4. The van der Waals surface area contributed by atoms with E-state index in [1.165, 1.54) is 6.42 Å². The minimum Gasteiger partial charge on any atom is -0.495 e. The smallest absolute Gasteiger partial charge is 0.182 e. The number of benzene rings is 1. The van der Waals surface area contributed by atoms with Crippen LogP contribution in [0.5, 0.6) is 5.75 Å². The van der Waals surface area contributed by atoms with Gasteiger partial charge in [-0.25, -0.2) is 4.68 Å². The maximum absolute atomic E-state index is 5.84. The molecule has 1 unspecified atom stereocenters. The van der Waals surface area contributed by atoms with Gasteiger partial charge in [-0.15, -0.1) is 5.10 Å². The van der Waals surface area contributed by atoms with Gasteiger partial charge in [0.05, 0.1) is 25.4 Å². The molecule has 1 fully saturated rings. The number of nitrogen functional groups attached to an aromatic ring is 1. The van der Waals surface area contributed by atoms with Crippen LogP contribution in [0.3, 0.4) is 0 Å². The van der Waals surface area contributed by atoms with Crippen molar-refractivity contribution < 1.29 is 9.47 Å². The number of tetrazole rings is 1. The Hall–Kier alpha value is -2.15. The molecule has 1 aliphatic heterocycles. The van der Waals surface area contributed by atoms with E-state index >= 15 is 0 Å². The van der Waals surface area contributed by atoms with E-state index in [0.29, 0.717) is 23.8 Å². The van der Waals surface area contributed by atoms with Gasteiger partial charge in [-0.1, -0.05) is 0 Å². The standard InChI is InChI=1S/C14H19N5O2/c1-20-13-8-10(5-6-12(13)15)14-16-17-18-19(14)9-11-4-2-3-7-21-11/h5-6,8,11H,2-4,7,9,15H2,1H3. The molecule has 1 saturated heterocycles. The molecule has 7 nitrogen and oxygen atoms in total. The summed E-state index contributed by atoms with van der Waals surface area (Å²) in [6.07, 6.45) is 3.55. The lowest BCUT2D eigenvalue weighted by molar-refractivity contribution is 0.00397. The predicted octanol–water partition coefficient (Wildman–Crippen LogP) is 1.50. The van der Waals surface area contributed by atoms with Crippen molar-refractivity contribution >= 4 is 5.69 Å². The third-order valence-electron chi connectivity index (χ3n) is 3.67. The molecule has 21 heavy (non-hydrogen) atoms. The fourth-order valence-electron chi connectivity index (χ4n) is 2.53. The van der Waals surface area contributed by atoms with Crippen molar-refractivity contribution in [2.75, 3.05) is 19.5 Å². The van der Waals surface area contributed by atoms with E-state index in [2.05, 4.69) is 15.5 Å². The summed E-state index contributed by atoms with van der Waals surface area (Å²) in [5, 5.41) is 12.0. The van der Waals surface area contributed by atoms with Crippen LogP contribution in [0.15, 0.2) is 18.2 Å². The number of anilines is 1. The lowest BCUT2D eigenvalue weighted by Crippen LogP contribution is -2.25. The van der Waals surface area contributed by atoms with Crippen LogP contribution < -0.4 is 10.5 Å². The number of nitrogens with two attached hydrogens (primary N) is 1. The van der Waals surface area contributed by atoms with Gasteiger partial charge in [-0.3, -0.25) is 0 Å². The largest absolute Gasteiger partial charge is 0.495 e. The van der Waals surface area contributed by atoms with E-state index in [1.807, 2.05) is 12.1 Å². The van der Waals surface area contributed by atoms with Gasteiger partial charge in [0.25, 0.3) is 0 Å². The third-order valence-corrected chi connectivity index (χ3v) is 3.67. The summed E-state index contributed by atoms with van der Waals surface area (Å²) in [4.78, 5) is 0. The Labute approximate surface area is 123 Å². The second-order valence-electron chi connectivity index (χ2n) is 5.13. The Kier molecular flexibility index (Phi) is 4.01. The van der Waals surface area contributed by atoms with Crippen LogP contribution in [0.25, 0.3) is 11.4 Å². The van der Waals surface area contributed by atoms with Gasteiger partial charge in [0.15, 0.2) is 5.82 Å². The molecule has 112 valence electrons. The summed E-state index contributed by atoms with van der Waals surface area (Å²) in [7, 11) is 1.59. The fraction of sp³-hybridized carbons (Fsp3) is 0.500. The second-order valence-corrected chi connectivity index (χ2v) is 5.13. The van der Waals surface area contributed by atoms with E-state index in [4.69, 9.17) is 15.2 Å². The zero-order chi connectivity index (χ0) is 14.7. The van der Waals surface area contributed by atoms with E-state index in [0.717, 1.165) is 25.0 Å². The Morgan fingerprint density at radius 2 is 2.33 bits per heavy atom. The molecule has 3 rings (SSSR count).